The number of hydrogen-bond acceptors (Lipinski definition) is 2. The van der Waals surface area contributed by atoms with Gasteiger partial charge in [0.05, 0.1) is 13.2 Å². The fraction of sp³-hybridized carbons (Fsp3) is 0.208. The van der Waals surface area contributed by atoms with Crippen molar-refractivity contribution in [3.05, 3.63) is 101 Å². The van der Waals surface area contributed by atoms with E-state index in [1.165, 1.54) is 0 Å². The lowest BCUT2D eigenvalue weighted by Gasteiger charge is -2.20. The molecule has 0 saturated heterocycles. The highest BCUT2D eigenvalue weighted by molar-refractivity contribution is 6.30. The third kappa shape index (κ3) is 5.83. The predicted octanol–water partition coefficient (Wildman–Crippen LogP) is 3.88. The zero-order chi connectivity index (χ0) is 20.6. The summed E-state index contributed by atoms with van der Waals surface area (Å²) in [5.74, 6) is 0.771. The number of carbonyl (C=O) groups is 1. The second-order valence-corrected chi connectivity index (χ2v) is 7.40. The molecule has 29 heavy (non-hydrogen) atoms. The van der Waals surface area contributed by atoms with Gasteiger partial charge < -0.3 is 15.4 Å². The summed E-state index contributed by atoms with van der Waals surface area (Å²) in [5, 5.41) is 5.91. The van der Waals surface area contributed by atoms with E-state index in [9.17, 15) is 4.79 Å². The van der Waals surface area contributed by atoms with Crippen molar-refractivity contribution < 1.29 is 14.8 Å². The van der Waals surface area contributed by atoms with E-state index in [0.717, 1.165) is 22.4 Å². The molecule has 150 valence electrons. The topological polar surface area (TPSA) is 54.9 Å². The second kappa shape index (κ2) is 10.1. The summed E-state index contributed by atoms with van der Waals surface area (Å²) in [5.41, 5.74) is 3.19. The third-order valence-corrected chi connectivity index (χ3v) is 5.19. The normalized spacial score (nSPS) is 12.8. The molecule has 0 fully saturated rings. The highest BCUT2D eigenvalue weighted by Gasteiger charge is 2.19. The Hall–Kier alpha value is -2.82. The average Bonchev–Trinajstić information content (AvgIpc) is 2.77. The van der Waals surface area contributed by atoms with Gasteiger partial charge in [-0.15, -0.1) is 0 Å². The Bertz CT molecular complexity index is 912. The van der Waals surface area contributed by atoms with Crippen LogP contribution in [0.3, 0.4) is 0 Å². The highest BCUT2D eigenvalue weighted by atomic mass is 35.5. The summed E-state index contributed by atoms with van der Waals surface area (Å²) in [6.07, 6.45) is 0. The first-order valence-corrected chi connectivity index (χ1v) is 10.0. The van der Waals surface area contributed by atoms with Gasteiger partial charge in [0.1, 0.15) is 11.8 Å². The van der Waals surface area contributed by atoms with Gasteiger partial charge in [-0.2, -0.15) is 0 Å². The molecule has 3 rings (SSSR count). The van der Waals surface area contributed by atoms with Crippen LogP contribution in [-0.2, 0) is 4.79 Å². The van der Waals surface area contributed by atoms with E-state index in [0.29, 0.717) is 11.6 Å². The Morgan fingerprint density at radius 2 is 1.52 bits per heavy atom. The van der Waals surface area contributed by atoms with Crippen molar-refractivity contribution >= 4 is 17.5 Å². The molecular weight excluding hydrogens is 384 g/mol. The first kappa shape index (κ1) is 20.9. The van der Waals surface area contributed by atoms with Crippen LogP contribution in [-0.4, -0.2) is 19.6 Å². The fourth-order valence-electron chi connectivity index (χ4n) is 3.21. The van der Waals surface area contributed by atoms with E-state index in [1.807, 2.05) is 84.2 Å². The van der Waals surface area contributed by atoms with Crippen molar-refractivity contribution in [2.75, 3.05) is 13.7 Å². The molecule has 3 aromatic rings. The summed E-state index contributed by atoms with van der Waals surface area (Å²) < 4.78 is 5.25. The largest absolute Gasteiger partial charge is 0.497 e. The van der Waals surface area contributed by atoms with Crippen molar-refractivity contribution in [2.24, 2.45) is 0 Å². The second-order valence-electron chi connectivity index (χ2n) is 6.96. The van der Waals surface area contributed by atoms with Crippen LogP contribution in [0.25, 0.3) is 0 Å². The van der Waals surface area contributed by atoms with Crippen LogP contribution < -0.4 is 15.4 Å². The van der Waals surface area contributed by atoms with Gasteiger partial charge >= 0.3 is 0 Å². The molecule has 0 aliphatic carbocycles. The number of rotatable bonds is 8. The summed E-state index contributed by atoms with van der Waals surface area (Å²) in [7, 11) is 1.64. The molecule has 0 radical (unpaired) electrons. The first-order valence-electron chi connectivity index (χ1n) is 9.64. The van der Waals surface area contributed by atoms with Crippen LogP contribution in [0.4, 0.5) is 0 Å². The molecule has 0 saturated carbocycles. The summed E-state index contributed by atoms with van der Waals surface area (Å²) in [6.45, 7) is 2.41. The molecule has 0 aliphatic heterocycles. The molecule has 5 heteroatoms. The maximum absolute atomic E-state index is 12.7. The number of benzene rings is 3. The standard InChI is InChI=1S/C24H25ClN2O2/c1-17(18-8-12-21(25)13-9-18)26-16-23(28)27-24(19-6-4-3-5-7-19)20-10-14-22(29-2)15-11-20/h3-15,17,24,26H,16H2,1-2H3,(H,27,28)/p+1/t17-,24-/m1/s1. The lowest BCUT2D eigenvalue weighted by atomic mass is 9.98. The zero-order valence-electron chi connectivity index (χ0n) is 16.6. The number of nitrogens with one attached hydrogen (secondary N) is 1. The van der Waals surface area contributed by atoms with E-state index < -0.39 is 0 Å². The van der Waals surface area contributed by atoms with E-state index >= 15 is 0 Å². The van der Waals surface area contributed by atoms with Crippen LogP contribution >= 0.6 is 11.6 Å². The SMILES string of the molecule is COc1ccc([C@H](NC(=O)C[NH2+][C@H](C)c2ccc(Cl)cc2)c2ccccc2)cc1. The van der Waals surface area contributed by atoms with Gasteiger partial charge in [-0.25, -0.2) is 0 Å². The molecule has 4 nitrogen and oxygen atoms in total. The quantitative estimate of drug-likeness (QED) is 0.593. The van der Waals surface area contributed by atoms with Gasteiger partial charge in [0.15, 0.2) is 6.54 Å². The summed E-state index contributed by atoms with van der Waals surface area (Å²) in [4.78, 5) is 12.7. The monoisotopic (exact) mass is 409 g/mol. The molecule has 0 aromatic heterocycles. The Balaban J connectivity index is 1.68. The van der Waals surface area contributed by atoms with E-state index in [2.05, 4.69) is 12.2 Å². The molecule has 0 bridgehead atoms. The number of carbonyl (C=O) groups excluding carboxylic acids is 1. The van der Waals surface area contributed by atoms with Crippen molar-refractivity contribution in [1.29, 1.82) is 0 Å². The van der Waals surface area contributed by atoms with Crippen molar-refractivity contribution in [3.63, 3.8) is 0 Å². The Morgan fingerprint density at radius 1 is 0.931 bits per heavy atom. The molecule has 0 heterocycles. The Kier molecular flexibility index (Phi) is 7.28. The van der Waals surface area contributed by atoms with Crippen LogP contribution in [0.1, 0.15) is 35.7 Å². The van der Waals surface area contributed by atoms with Crippen LogP contribution in [0.15, 0.2) is 78.9 Å². The number of ether oxygens (including phenoxy) is 1. The zero-order valence-corrected chi connectivity index (χ0v) is 17.4. The molecular formula is C24H26ClN2O2+. The number of halogens is 1. The number of amides is 1. The van der Waals surface area contributed by atoms with E-state index in [-0.39, 0.29) is 18.0 Å². The van der Waals surface area contributed by atoms with Crippen LogP contribution in [0, 0.1) is 0 Å². The smallest absolute Gasteiger partial charge is 0.275 e. The van der Waals surface area contributed by atoms with Crippen molar-refractivity contribution in [3.8, 4) is 5.75 Å². The number of nitrogens with two attached hydrogens (primary N) is 1. The van der Waals surface area contributed by atoms with Crippen LogP contribution in [0.2, 0.25) is 5.02 Å². The van der Waals surface area contributed by atoms with Crippen LogP contribution in [0.5, 0.6) is 5.75 Å². The molecule has 3 aromatic carbocycles. The Labute approximate surface area is 176 Å². The molecule has 1 amide bonds. The molecule has 0 aliphatic rings. The molecule has 0 spiro atoms. The molecule has 3 N–H and O–H groups in total. The number of hydrogen-bond donors (Lipinski definition) is 2. The van der Waals surface area contributed by atoms with Gasteiger partial charge in [-0.05, 0) is 42.3 Å². The van der Waals surface area contributed by atoms with Gasteiger partial charge in [-0.3, -0.25) is 4.79 Å². The van der Waals surface area contributed by atoms with E-state index in [4.69, 9.17) is 16.3 Å². The third-order valence-electron chi connectivity index (χ3n) is 4.94. The number of methoxy groups -OCH3 is 1. The maximum Gasteiger partial charge on any atom is 0.275 e. The average molecular weight is 410 g/mol. The Morgan fingerprint density at radius 3 is 2.14 bits per heavy atom. The van der Waals surface area contributed by atoms with E-state index in [1.54, 1.807) is 7.11 Å². The fourth-order valence-corrected chi connectivity index (χ4v) is 3.33. The first-order chi connectivity index (χ1) is 14.1. The maximum atomic E-state index is 12.7. The molecule has 0 unspecified atom stereocenters. The summed E-state index contributed by atoms with van der Waals surface area (Å²) >= 11 is 5.95. The van der Waals surface area contributed by atoms with Crippen molar-refractivity contribution in [2.45, 2.75) is 19.0 Å². The summed E-state index contributed by atoms with van der Waals surface area (Å²) in [6, 6.07) is 25.4. The van der Waals surface area contributed by atoms with Gasteiger partial charge in [0.2, 0.25) is 0 Å². The minimum absolute atomic E-state index is 0.0181. The lowest BCUT2D eigenvalue weighted by molar-refractivity contribution is -0.682. The number of quaternary nitrogens is 1. The predicted molar refractivity (Wildman–Crippen MR) is 116 cm³/mol. The van der Waals surface area contributed by atoms with Gasteiger partial charge in [0, 0.05) is 10.6 Å². The highest BCUT2D eigenvalue weighted by Crippen LogP contribution is 2.24. The minimum Gasteiger partial charge on any atom is -0.497 e. The van der Waals surface area contributed by atoms with Gasteiger partial charge in [-0.1, -0.05) is 66.2 Å². The minimum atomic E-state index is -0.214. The lowest BCUT2D eigenvalue weighted by Crippen LogP contribution is -2.87. The van der Waals surface area contributed by atoms with Gasteiger partial charge in [0.25, 0.3) is 5.91 Å². The van der Waals surface area contributed by atoms with Crippen molar-refractivity contribution in [1.82, 2.24) is 5.32 Å². The molecule has 2 atom stereocenters.